The second kappa shape index (κ2) is 8.73. The van der Waals surface area contributed by atoms with Crippen LogP contribution in [0, 0.1) is 0 Å². The summed E-state index contributed by atoms with van der Waals surface area (Å²) >= 11 is 7.31. The summed E-state index contributed by atoms with van der Waals surface area (Å²) in [5, 5.41) is 9.20. The highest BCUT2D eigenvalue weighted by Crippen LogP contribution is 2.18. The molecular formula is C15H18ClN3O2S. The molecule has 0 unspecified atom stereocenters. The maximum atomic E-state index is 11.7. The topological polar surface area (TPSA) is 63.2 Å². The molecule has 118 valence electrons. The first-order valence-corrected chi connectivity index (χ1v) is 8.16. The molecule has 0 aliphatic heterocycles. The molecule has 2 rings (SSSR count). The highest BCUT2D eigenvalue weighted by Gasteiger charge is 2.08. The van der Waals surface area contributed by atoms with E-state index in [-0.39, 0.29) is 5.91 Å². The monoisotopic (exact) mass is 339 g/mol. The number of hydrogen-bond donors (Lipinski definition) is 2. The first kappa shape index (κ1) is 16.7. The fourth-order valence-electron chi connectivity index (χ4n) is 1.73. The van der Waals surface area contributed by atoms with Crippen molar-refractivity contribution < 1.29 is 9.53 Å². The van der Waals surface area contributed by atoms with E-state index < -0.39 is 0 Å². The van der Waals surface area contributed by atoms with Gasteiger partial charge in [0.2, 0.25) is 5.91 Å². The van der Waals surface area contributed by atoms with Crippen LogP contribution in [0.3, 0.4) is 0 Å². The van der Waals surface area contributed by atoms with Crippen LogP contribution in [-0.2, 0) is 17.8 Å². The van der Waals surface area contributed by atoms with Crippen molar-refractivity contribution in [2.24, 2.45) is 0 Å². The molecule has 0 bridgehead atoms. The summed E-state index contributed by atoms with van der Waals surface area (Å²) in [6.45, 7) is 1.75. The van der Waals surface area contributed by atoms with Crippen molar-refractivity contribution in [2.75, 3.05) is 20.1 Å². The van der Waals surface area contributed by atoms with Gasteiger partial charge in [-0.25, -0.2) is 4.98 Å². The van der Waals surface area contributed by atoms with Crippen molar-refractivity contribution in [3.63, 3.8) is 0 Å². The van der Waals surface area contributed by atoms with Gasteiger partial charge >= 0.3 is 0 Å². The van der Waals surface area contributed by atoms with Crippen LogP contribution >= 0.6 is 22.9 Å². The summed E-state index contributed by atoms with van der Waals surface area (Å²) < 4.78 is 5.63. The lowest BCUT2D eigenvalue weighted by atomic mass is 10.3. The molecule has 0 aliphatic rings. The summed E-state index contributed by atoms with van der Waals surface area (Å²) in [7, 11) is 1.85. The van der Waals surface area contributed by atoms with Gasteiger partial charge in [-0.1, -0.05) is 11.6 Å². The minimum absolute atomic E-state index is 0.0225. The van der Waals surface area contributed by atoms with Gasteiger partial charge in [-0.2, -0.15) is 0 Å². The lowest BCUT2D eigenvalue weighted by molar-refractivity contribution is -0.120. The quantitative estimate of drug-likeness (QED) is 0.724. The number of benzene rings is 1. The third kappa shape index (κ3) is 5.63. The average molecular weight is 340 g/mol. The molecule has 1 aromatic heterocycles. The molecule has 0 saturated carbocycles. The number of halogens is 1. The lowest BCUT2D eigenvalue weighted by Gasteiger charge is -2.04. The molecule has 2 aromatic rings. The van der Waals surface area contributed by atoms with Gasteiger partial charge in [0.1, 0.15) is 17.4 Å². The predicted octanol–water partition coefficient (Wildman–Crippen LogP) is 2.25. The summed E-state index contributed by atoms with van der Waals surface area (Å²) in [6.07, 6.45) is 0.293. The van der Waals surface area contributed by atoms with E-state index in [1.165, 1.54) is 11.3 Å². The zero-order valence-corrected chi connectivity index (χ0v) is 13.8. The molecule has 7 heteroatoms. The number of hydrogen-bond acceptors (Lipinski definition) is 5. The van der Waals surface area contributed by atoms with Gasteiger partial charge < -0.3 is 15.4 Å². The summed E-state index contributed by atoms with van der Waals surface area (Å²) in [5.74, 6) is 0.719. The molecular weight excluding hydrogens is 322 g/mol. The van der Waals surface area contributed by atoms with Crippen molar-refractivity contribution in [1.82, 2.24) is 15.6 Å². The zero-order valence-electron chi connectivity index (χ0n) is 12.3. The highest BCUT2D eigenvalue weighted by atomic mass is 35.5. The minimum atomic E-state index is -0.0225. The fourth-order valence-corrected chi connectivity index (χ4v) is 2.56. The Morgan fingerprint density at radius 1 is 1.32 bits per heavy atom. The Balaban J connectivity index is 1.78. The Labute approximate surface area is 138 Å². The van der Waals surface area contributed by atoms with E-state index >= 15 is 0 Å². The molecule has 5 nitrogen and oxygen atoms in total. The Hall–Kier alpha value is -1.63. The Kier molecular flexibility index (Phi) is 6.64. The molecule has 2 N–H and O–H groups in total. The van der Waals surface area contributed by atoms with Gasteiger partial charge in [0.15, 0.2) is 0 Å². The number of rotatable bonds is 8. The third-order valence-electron chi connectivity index (χ3n) is 2.81. The van der Waals surface area contributed by atoms with Crippen molar-refractivity contribution in [3.05, 3.63) is 45.4 Å². The molecule has 1 amide bonds. The van der Waals surface area contributed by atoms with Gasteiger partial charge in [-0.05, 0) is 31.3 Å². The van der Waals surface area contributed by atoms with Crippen LogP contribution in [0.4, 0.5) is 0 Å². The standard InChI is InChI=1S/C15H18ClN3O2S/c1-17-6-7-18-14(20)8-12-10-22-15(19-12)9-21-13-4-2-11(16)3-5-13/h2-5,10,17H,6-9H2,1H3,(H,18,20). The molecule has 22 heavy (non-hydrogen) atoms. The number of nitrogens with zero attached hydrogens (tertiary/aromatic N) is 1. The summed E-state index contributed by atoms with van der Waals surface area (Å²) in [6, 6.07) is 7.18. The van der Waals surface area contributed by atoms with Crippen molar-refractivity contribution in [2.45, 2.75) is 13.0 Å². The van der Waals surface area contributed by atoms with Crippen LogP contribution in [0.5, 0.6) is 5.75 Å². The van der Waals surface area contributed by atoms with Crippen molar-refractivity contribution >= 4 is 28.8 Å². The number of likely N-dealkylation sites (N-methyl/N-ethyl adjacent to an activating group) is 1. The maximum Gasteiger partial charge on any atom is 0.226 e. The van der Waals surface area contributed by atoms with Crippen LogP contribution in [-0.4, -0.2) is 31.0 Å². The van der Waals surface area contributed by atoms with Gasteiger partial charge in [-0.3, -0.25) is 4.79 Å². The number of amides is 1. The zero-order chi connectivity index (χ0) is 15.8. The molecule has 0 fully saturated rings. The molecule has 1 aromatic carbocycles. The summed E-state index contributed by atoms with van der Waals surface area (Å²) in [5.41, 5.74) is 0.765. The van der Waals surface area contributed by atoms with Crippen LogP contribution in [0.1, 0.15) is 10.7 Å². The molecule has 0 aliphatic carbocycles. The van der Waals surface area contributed by atoms with Crippen LogP contribution in [0.25, 0.3) is 0 Å². The predicted molar refractivity (Wildman–Crippen MR) is 88.5 cm³/mol. The molecule has 0 spiro atoms. The second-order valence-corrected chi connectivity index (χ2v) is 5.98. The molecule has 0 atom stereocenters. The number of aromatic nitrogens is 1. The number of thiazole rings is 1. The average Bonchev–Trinajstić information content (AvgIpc) is 2.94. The Morgan fingerprint density at radius 2 is 2.09 bits per heavy atom. The maximum absolute atomic E-state index is 11.7. The van der Waals surface area contributed by atoms with Gasteiger partial charge in [0.05, 0.1) is 12.1 Å². The van der Waals surface area contributed by atoms with E-state index in [2.05, 4.69) is 15.6 Å². The SMILES string of the molecule is CNCCNC(=O)Cc1csc(COc2ccc(Cl)cc2)n1. The largest absolute Gasteiger partial charge is 0.486 e. The smallest absolute Gasteiger partial charge is 0.226 e. The normalized spacial score (nSPS) is 10.5. The van der Waals surface area contributed by atoms with Gasteiger partial charge in [-0.15, -0.1) is 11.3 Å². The van der Waals surface area contributed by atoms with Gasteiger partial charge in [0.25, 0.3) is 0 Å². The highest BCUT2D eigenvalue weighted by molar-refractivity contribution is 7.09. The van der Waals surface area contributed by atoms with E-state index in [0.29, 0.717) is 24.6 Å². The Bertz CT molecular complexity index is 601. The first-order chi connectivity index (χ1) is 10.7. The van der Waals surface area contributed by atoms with E-state index in [1.54, 1.807) is 12.1 Å². The molecule has 0 radical (unpaired) electrons. The second-order valence-electron chi connectivity index (χ2n) is 4.61. The van der Waals surface area contributed by atoms with Crippen LogP contribution in [0.2, 0.25) is 5.02 Å². The minimum Gasteiger partial charge on any atom is -0.486 e. The Morgan fingerprint density at radius 3 is 2.82 bits per heavy atom. The number of nitrogens with one attached hydrogen (secondary N) is 2. The third-order valence-corrected chi connectivity index (χ3v) is 3.94. The van der Waals surface area contributed by atoms with Crippen LogP contribution in [0.15, 0.2) is 29.6 Å². The van der Waals surface area contributed by atoms with Gasteiger partial charge in [0, 0.05) is 23.5 Å². The van der Waals surface area contributed by atoms with E-state index in [1.807, 2.05) is 24.6 Å². The summed E-state index contributed by atoms with van der Waals surface area (Å²) in [4.78, 5) is 16.1. The lowest BCUT2D eigenvalue weighted by Crippen LogP contribution is -2.31. The van der Waals surface area contributed by atoms with Crippen molar-refractivity contribution in [3.8, 4) is 5.75 Å². The molecule has 0 saturated heterocycles. The van der Waals surface area contributed by atoms with Crippen LogP contribution < -0.4 is 15.4 Å². The fraction of sp³-hybridized carbons (Fsp3) is 0.333. The first-order valence-electron chi connectivity index (χ1n) is 6.90. The van der Waals surface area contributed by atoms with E-state index in [0.717, 1.165) is 23.0 Å². The van der Waals surface area contributed by atoms with E-state index in [9.17, 15) is 4.79 Å². The number of ether oxygens (including phenoxy) is 1. The number of carbonyl (C=O) groups excluding carboxylic acids is 1. The number of carbonyl (C=O) groups is 1. The van der Waals surface area contributed by atoms with E-state index in [4.69, 9.17) is 16.3 Å². The van der Waals surface area contributed by atoms with Crippen molar-refractivity contribution in [1.29, 1.82) is 0 Å². The molecule has 1 heterocycles.